The summed E-state index contributed by atoms with van der Waals surface area (Å²) in [5.74, 6) is -2.91. The van der Waals surface area contributed by atoms with Crippen LogP contribution in [0.3, 0.4) is 0 Å². The number of hydrogen-bond acceptors (Lipinski definition) is 6. The molecule has 0 radical (unpaired) electrons. The van der Waals surface area contributed by atoms with Crippen LogP contribution in [0.1, 0.15) is 22.0 Å². The average molecular weight is 533 g/mol. The topological polar surface area (TPSA) is 106 Å². The minimum atomic E-state index is -5.38. The fourth-order valence-electron chi connectivity index (χ4n) is 3.69. The Morgan fingerprint density at radius 2 is 1.61 bits per heavy atom. The van der Waals surface area contributed by atoms with Gasteiger partial charge in [0.05, 0.1) is 27.4 Å². The predicted octanol–water partition coefficient (Wildman–Crippen LogP) is 3.58. The predicted molar refractivity (Wildman–Crippen MR) is 113 cm³/mol. The van der Waals surface area contributed by atoms with Gasteiger partial charge in [-0.2, -0.15) is 13.2 Å². The molecule has 0 saturated carbocycles. The highest BCUT2D eigenvalue weighted by Crippen LogP contribution is 2.47. The minimum Gasteiger partial charge on any atom is -0.493 e. The second-order valence-electron chi connectivity index (χ2n) is 7.15. The van der Waals surface area contributed by atoms with Gasteiger partial charge in [-0.05, 0) is 29.8 Å². The summed E-state index contributed by atoms with van der Waals surface area (Å²) in [6.07, 6.45) is -5.38. The quantitative estimate of drug-likeness (QED) is 0.491. The monoisotopic (exact) mass is 532 g/mol. The minimum absolute atomic E-state index is 0.0255. The lowest BCUT2D eigenvalue weighted by Gasteiger charge is -2.45. The summed E-state index contributed by atoms with van der Waals surface area (Å²) in [5.41, 5.74) is -3.93. The molecule has 12 heteroatoms. The molecule has 3 atom stereocenters. The molecule has 0 spiro atoms. The van der Waals surface area contributed by atoms with Crippen molar-refractivity contribution < 1.29 is 42.1 Å². The number of nitrogens with one attached hydrogen (secondary N) is 2. The van der Waals surface area contributed by atoms with E-state index in [-0.39, 0.29) is 28.4 Å². The van der Waals surface area contributed by atoms with Gasteiger partial charge < -0.3 is 30.0 Å². The lowest BCUT2D eigenvalue weighted by atomic mass is 9.77. The molecule has 1 aliphatic heterocycles. The summed E-state index contributed by atoms with van der Waals surface area (Å²) in [4.78, 5) is 25.5. The standard InChI is InChI=1S/C21H20BrF3N2O6/c1-31-13-8-11(9-14(32-2)18(13)33-3)16-15(17(28)10-4-6-12(22)7-5-10)20(30,21(23,24)25)27-19(29)26-16/h4-9,15-16,30H,1-3H3,(H2,26,27,29). The van der Waals surface area contributed by atoms with Gasteiger partial charge in [0.25, 0.3) is 0 Å². The Bertz CT molecular complexity index is 1040. The number of aliphatic hydroxyl groups is 1. The summed E-state index contributed by atoms with van der Waals surface area (Å²) in [6.45, 7) is 0. The van der Waals surface area contributed by atoms with Gasteiger partial charge in [-0.25, -0.2) is 4.79 Å². The molecule has 178 valence electrons. The van der Waals surface area contributed by atoms with Crippen LogP contribution in [0, 0.1) is 5.92 Å². The van der Waals surface area contributed by atoms with E-state index in [1.165, 1.54) is 63.0 Å². The first-order valence-electron chi connectivity index (χ1n) is 9.44. The normalized spacial score (nSPS) is 22.7. The lowest BCUT2D eigenvalue weighted by Crippen LogP contribution is -2.72. The fourth-order valence-corrected chi connectivity index (χ4v) is 3.96. The van der Waals surface area contributed by atoms with Gasteiger partial charge in [-0.1, -0.05) is 28.1 Å². The molecule has 2 amide bonds. The number of rotatable bonds is 6. The lowest BCUT2D eigenvalue weighted by molar-refractivity contribution is -0.287. The molecule has 33 heavy (non-hydrogen) atoms. The van der Waals surface area contributed by atoms with Crippen LogP contribution < -0.4 is 24.8 Å². The van der Waals surface area contributed by atoms with Crippen LogP contribution in [-0.2, 0) is 0 Å². The van der Waals surface area contributed by atoms with E-state index < -0.39 is 35.7 Å². The zero-order valence-corrected chi connectivity index (χ0v) is 19.2. The molecule has 1 aliphatic rings. The molecule has 1 heterocycles. The van der Waals surface area contributed by atoms with Crippen molar-refractivity contribution in [3.63, 3.8) is 0 Å². The van der Waals surface area contributed by atoms with E-state index in [4.69, 9.17) is 14.2 Å². The Morgan fingerprint density at radius 1 is 1.06 bits per heavy atom. The first-order chi connectivity index (χ1) is 15.5. The van der Waals surface area contributed by atoms with Crippen LogP contribution in [0.2, 0.25) is 0 Å². The molecule has 2 aromatic carbocycles. The summed E-state index contributed by atoms with van der Waals surface area (Å²) < 4.78 is 58.5. The first kappa shape index (κ1) is 24.6. The maximum absolute atomic E-state index is 14.1. The number of Topliss-reactive ketones (excluding diaryl/α,β-unsaturated/α-hetero) is 1. The van der Waals surface area contributed by atoms with E-state index in [1.54, 1.807) is 0 Å². The van der Waals surface area contributed by atoms with Crippen LogP contribution in [0.15, 0.2) is 40.9 Å². The second-order valence-corrected chi connectivity index (χ2v) is 8.06. The van der Waals surface area contributed by atoms with Gasteiger partial charge in [-0.15, -0.1) is 0 Å². The highest BCUT2D eigenvalue weighted by atomic mass is 79.9. The SMILES string of the molecule is COc1cc(C2NC(=O)NC(O)(C(F)(F)F)C2C(=O)c2ccc(Br)cc2)cc(OC)c1OC. The highest BCUT2D eigenvalue weighted by Gasteiger charge is 2.66. The number of amides is 2. The molecule has 1 fully saturated rings. The van der Waals surface area contributed by atoms with Crippen LogP contribution in [0.25, 0.3) is 0 Å². The number of carbonyl (C=O) groups is 2. The molecule has 0 aromatic heterocycles. The number of urea groups is 1. The number of benzene rings is 2. The van der Waals surface area contributed by atoms with Crippen LogP contribution in [-0.4, -0.2) is 50.2 Å². The third-order valence-electron chi connectivity index (χ3n) is 5.26. The molecular weight excluding hydrogens is 513 g/mol. The van der Waals surface area contributed by atoms with Gasteiger partial charge in [-0.3, -0.25) is 4.79 Å². The molecule has 8 nitrogen and oxygen atoms in total. The highest BCUT2D eigenvalue weighted by molar-refractivity contribution is 9.10. The third-order valence-corrected chi connectivity index (χ3v) is 5.79. The van der Waals surface area contributed by atoms with Crippen molar-refractivity contribution >= 4 is 27.7 Å². The fraction of sp³-hybridized carbons (Fsp3) is 0.333. The summed E-state index contributed by atoms with van der Waals surface area (Å²) in [5, 5.41) is 14.5. The first-order valence-corrected chi connectivity index (χ1v) is 10.2. The van der Waals surface area contributed by atoms with Crippen molar-refractivity contribution in [1.82, 2.24) is 10.6 Å². The van der Waals surface area contributed by atoms with E-state index >= 15 is 0 Å². The van der Waals surface area contributed by atoms with Crippen LogP contribution >= 0.6 is 15.9 Å². The molecule has 3 N–H and O–H groups in total. The molecule has 3 rings (SSSR count). The van der Waals surface area contributed by atoms with Gasteiger partial charge >= 0.3 is 12.2 Å². The number of ether oxygens (including phenoxy) is 3. The second kappa shape index (κ2) is 9.10. The zero-order chi connectivity index (χ0) is 24.6. The molecule has 2 aromatic rings. The van der Waals surface area contributed by atoms with E-state index in [2.05, 4.69) is 21.2 Å². The van der Waals surface area contributed by atoms with Gasteiger partial charge in [0.15, 0.2) is 17.3 Å². The third kappa shape index (κ3) is 4.44. The maximum Gasteiger partial charge on any atom is 0.437 e. The van der Waals surface area contributed by atoms with E-state index in [0.717, 1.165) is 0 Å². The Morgan fingerprint density at radius 3 is 2.06 bits per heavy atom. The van der Waals surface area contributed by atoms with Gasteiger partial charge in [0.1, 0.15) is 5.92 Å². The van der Waals surface area contributed by atoms with E-state index in [1.807, 2.05) is 0 Å². The number of carbonyl (C=O) groups excluding carboxylic acids is 2. The van der Waals surface area contributed by atoms with E-state index in [0.29, 0.717) is 4.47 Å². The van der Waals surface area contributed by atoms with Crippen molar-refractivity contribution in [3.05, 3.63) is 52.0 Å². The van der Waals surface area contributed by atoms with Crippen molar-refractivity contribution in [1.29, 1.82) is 0 Å². The number of methoxy groups -OCH3 is 3. The molecule has 0 aliphatic carbocycles. The summed E-state index contributed by atoms with van der Waals surface area (Å²) >= 11 is 3.20. The van der Waals surface area contributed by atoms with Crippen LogP contribution in [0.5, 0.6) is 17.2 Å². The summed E-state index contributed by atoms with van der Waals surface area (Å²) in [7, 11) is 3.95. The van der Waals surface area contributed by atoms with E-state index in [9.17, 15) is 27.9 Å². The Labute approximate surface area is 195 Å². The summed E-state index contributed by atoms with van der Waals surface area (Å²) in [6, 6.07) is 5.26. The zero-order valence-electron chi connectivity index (χ0n) is 17.6. The van der Waals surface area contributed by atoms with Crippen molar-refractivity contribution in [3.8, 4) is 17.2 Å². The van der Waals surface area contributed by atoms with Gasteiger partial charge in [0, 0.05) is 10.0 Å². The maximum atomic E-state index is 14.1. The van der Waals surface area contributed by atoms with Crippen molar-refractivity contribution in [2.45, 2.75) is 17.9 Å². The van der Waals surface area contributed by atoms with Crippen molar-refractivity contribution in [2.24, 2.45) is 5.92 Å². The largest absolute Gasteiger partial charge is 0.493 e. The molecule has 3 unspecified atom stereocenters. The molecule has 1 saturated heterocycles. The Hall–Kier alpha value is -2.99. The van der Waals surface area contributed by atoms with Crippen molar-refractivity contribution in [2.75, 3.05) is 21.3 Å². The number of hydrogen-bond donors (Lipinski definition) is 3. The Kier molecular flexibility index (Phi) is 6.80. The number of halogens is 4. The number of ketones is 1. The van der Waals surface area contributed by atoms with Gasteiger partial charge in [0.2, 0.25) is 11.5 Å². The molecule has 0 bridgehead atoms. The van der Waals surface area contributed by atoms with Crippen LogP contribution in [0.4, 0.5) is 18.0 Å². The smallest absolute Gasteiger partial charge is 0.437 e. The average Bonchev–Trinajstić information content (AvgIpc) is 2.76. The Balaban J connectivity index is 2.24. The molecular formula is C21H20BrF3N2O6. The number of alkyl halides is 3.